The summed E-state index contributed by atoms with van der Waals surface area (Å²) < 4.78 is 26.7. The first-order valence-corrected chi connectivity index (χ1v) is 35.0. The first kappa shape index (κ1) is 66.6. The molecule has 0 unspecified atom stereocenters. The summed E-state index contributed by atoms with van der Waals surface area (Å²) in [6, 6.07) is 55.5. The SMILES string of the molecule is Clc1cccc(Cl)c1Oc1c(Cl)c(Cl)c2c3nc4nc(nc5[nH]c(nc6nc(nc([nH]3)c2c1Cl)-c1c(Cl)c(Oc2ccccc2-c2ccccc2)c(Cl)c(Cl)c1-6)c1c(Cl)c(Oc2ccccc2-c2ccccc2)c(Cl)c(Cl)c51)-c1c(Cl)c(Oc2ccccc2-c2ccccc2)c(Cl)c(Cl)c1-4. The van der Waals surface area contributed by atoms with Crippen LogP contribution in [-0.2, 0) is 0 Å². The van der Waals surface area contributed by atoms with Crippen molar-refractivity contribution in [1.82, 2.24) is 39.9 Å². The van der Waals surface area contributed by atoms with Crippen LogP contribution in [0, 0.1) is 0 Å². The standard InChI is InChI=1S/C74H32Cl14N8O4/c75-37-26-16-27-38(76)62(37)100-66-57(84)49-45(53(80)61(66)88)68-89-67-42-46(54(81)63(58(85)50(42)77)97-39-28-13-10-23-34(39)31-17-4-1-5-18-31)71(90-67)92-69-43-47(55(82)64(59(86)51(43)78)98-40-29-14-11-24-35(40)32-19-6-2-7-20-32)72(93-69)94-70-44-48(73(95-70)96-74(49)91-68)56(83)65(60(87)52(44)79)99-41-30-15-12-25-36(41)33-21-8-3-9-22-33/h1-30H,(H2,89,90,91,92,93,94,95,96). The van der Waals surface area contributed by atoms with E-state index in [-0.39, 0.29) is 189 Å². The third-order valence-corrected chi connectivity index (χ3v) is 21.8. The van der Waals surface area contributed by atoms with E-state index in [1.54, 1.807) is 54.6 Å². The smallest absolute Gasteiger partial charge is 0.167 e. The summed E-state index contributed by atoms with van der Waals surface area (Å²) in [5.74, 6) is 0.209. The lowest BCUT2D eigenvalue weighted by Gasteiger charge is -2.17. The Morgan fingerprint density at radius 2 is 0.490 bits per heavy atom. The van der Waals surface area contributed by atoms with Crippen LogP contribution in [0.2, 0.25) is 70.3 Å². The molecule has 3 aromatic heterocycles. The first-order valence-electron chi connectivity index (χ1n) is 29.7. The van der Waals surface area contributed by atoms with Crippen LogP contribution in [0.15, 0.2) is 182 Å². The molecule has 0 radical (unpaired) electrons. The van der Waals surface area contributed by atoms with Gasteiger partial charge in [-0.05, 0) is 47.0 Å². The van der Waals surface area contributed by atoms with Gasteiger partial charge in [-0.25, -0.2) is 29.9 Å². The van der Waals surface area contributed by atoms with E-state index in [2.05, 4.69) is 9.97 Å². The molecule has 2 aliphatic rings. The molecule has 0 aliphatic carbocycles. The molecule has 0 saturated heterocycles. The second kappa shape index (κ2) is 26.8. The van der Waals surface area contributed by atoms with Crippen LogP contribution in [0.25, 0.3) is 123 Å². The molecule has 2 N–H and O–H groups in total. The van der Waals surface area contributed by atoms with Gasteiger partial charge in [-0.1, -0.05) is 314 Å². The van der Waals surface area contributed by atoms with Crippen LogP contribution in [-0.4, -0.2) is 39.9 Å². The predicted molar refractivity (Wildman–Crippen MR) is 409 cm³/mol. The highest BCUT2D eigenvalue weighted by molar-refractivity contribution is 6.54. The highest BCUT2D eigenvalue weighted by Gasteiger charge is 2.37. The topological polar surface area (TPSA) is 146 Å². The predicted octanol–water partition coefficient (Wildman–Crippen LogP) is 28.2. The molecule has 0 saturated carbocycles. The summed E-state index contributed by atoms with van der Waals surface area (Å²) in [4.78, 5) is 37.8. The Kier molecular flexibility index (Phi) is 17.8. The number of benzene rings is 11. The van der Waals surface area contributed by atoms with Gasteiger partial charge in [0.1, 0.15) is 59.9 Å². The highest BCUT2D eigenvalue weighted by Crippen LogP contribution is 2.59. The van der Waals surface area contributed by atoms with Crippen molar-refractivity contribution in [1.29, 1.82) is 0 Å². The summed E-state index contributed by atoms with van der Waals surface area (Å²) in [7, 11) is 0. The lowest BCUT2D eigenvalue weighted by molar-refractivity contribution is 0.484. The molecule has 14 aromatic rings. The van der Waals surface area contributed by atoms with Gasteiger partial charge in [-0.15, -0.1) is 0 Å². The van der Waals surface area contributed by atoms with Crippen LogP contribution in [0.3, 0.4) is 0 Å². The fourth-order valence-corrected chi connectivity index (χ4v) is 15.8. The number of H-pyrrole nitrogens is 2. The first-order chi connectivity index (χ1) is 48.4. The van der Waals surface area contributed by atoms with Crippen molar-refractivity contribution >= 4 is 207 Å². The molecule has 0 spiro atoms. The fourth-order valence-electron chi connectivity index (χ4n) is 11.9. The third kappa shape index (κ3) is 11.3. The van der Waals surface area contributed by atoms with Crippen molar-refractivity contribution in [2.75, 3.05) is 0 Å². The number of halogens is 14. The monoisotopic (exact) mass is 1590 g/mol. The number of rotatable bonds is 11. The zero-order valence-electron chi connectivity index (χ0n) is 49.9. The quantitative estimate of drug-likeness (QED) is 0.120. The van der Waals surface area contributed by atoms with E-state index < -0.39 is 0 Å². The van der Waals surface area contributed by atoms with E-state index in [1.165, 1.54) is 0 Å². The molecule has 16 rings (SSSR count). The van der Waals surface area contributed by atoms with Crippen LogP contribution < -0.4 is 18.9 Å². The molecule has 11 aromatic carbocycles. The average Bonchev–Trinajstić information content (AvgIpc) is 1.56. The molecule has 0 fully saturated rings. The molecule has 0 atom stereocenters. The van der Waals surface area contributed by atoms with Crippen molar-refractivity contribution in [3.05, 3.63) is 252 Å². The zero-order valence-corrected chi connectivity index (χ0v) is 60.5. The maximum Gasteiger partial charge on any atom is 0.167 e. The number of para-hydroxylation sites is 4. The Morgan fingerprint density at radius 3 is 0.830 bits per heavy atom. The van der Waals surface area contributed by atoms with Crippen molar-refractivity contribution in [2.24, 2.45) is 0 Å². The summed E-state index contributed by atoms with van der Waals surface area (Å²) >= 11 is 104. The Labute approximate surface area is 636 Å². The second-order valence-electron chi connectivity index (χ2n) is 22.2. The molecule has 8 bridgehead atoms. The van der Waals surface area contributed by atoms with E-state index in [1.807, 2.05) is 127 Å². The summed E-state index contributed by atoms with van der Waals surface area (Å²) in [6.45, 7) is 0. The number of ether oxygens (including phenoxy) is 4. The normalized spacial score (nSPS) is 11.7. The molecule has 2 aliphatic heterocycles. The largest absolute Gasteiger partial charge is 0.453 e. The molecule has 0 amide bonds. The minimum atomic E-state index is -0.196. The number of nitrogens with one attached hydrogen (secondary N) is 2. The van der Waals surface area contributed by atoms with Crippen LogP contribution >= 0.6 is 162 Å². The highest BCUT2D eigenvalue weighted by atomic mass is 35.5. The van der Waals surface area contributed by atoms with E-state index >= 15 is 0 Å². The Morgan fingerprint density at radius 1 is 0.220 bits per heavy atom. The molecular weight excluding hydrogens is 1560 g/mol. The second-order valence-corrected chi connectivity index (χ2v) is 27.6. The Balaban J connectivity index is 1.03. The number of aromatic nitrogens is 8. The number of aromatic amines is 2. The number of hydrogen-bond acceptors (Lipinski definition) is 10. The van der Waals surface area contributed by atoms with Gasteiger partial charge < -0.3 is 28.9 Å². The lowest BCUT2D eigenvalue weighted by atomic mass is 10.0. The molecule has 26 heteroatoms. The number of nitrogens with zero attached hydrogens (tertiary/aromatic N) is 6. The van der Waals surface area contributed by atoms with E-state index in [0.717, 1.165) is 16.7 Å². The van der Waals surface area contributed by atoms with E-state index in [4.69, 9.17) is 211 Å². The van der Waals surface area contributed by atoms with Gasteiger partial charge in [0.05, 0.1) is 94.0 Å². The minimum absolute atomic E-state index is 0.00218. The van der Waals surface area contributed by atoms with Crippen molar-refractivity contribution in [2.45, 2.75) is 0 Å². The maximum absolute atomic E-state index is 7.74. The molecule has 12 nitrogen and oxygen atoms in total. The van der Waals surface area contributed by atoms with Gasteiger partial charge in [0.15, 0.2) is 52.0 Å². The van der Waals surface area contributed by atoms with Crippen LogP contribution in [0.5, 0.6) is 46.0 Å². The maximum atomic E-state index is 7.74. The molecule has 490 valence electrons. The average molecular weight is 1590 g/mol. The van der Waals surface area contributed by atoms with Crippen molar-refractivity contribution in [3.63, 3.8) is 0 Å². The molecular formula is C74H32Cl14N8O4. The Bertz CT molecular complexity index is 5990. The number of hydrogen-bond donors (Lipinski definition) is 2. The summed E-state index contributed by atoms with van der Waals surface area (Å²) in [5.41, 5.74) is 4.71. The summed E-state index contributed by atoms with van der Waals surface area (Å²) in [5, 5.41) is -0.883. The van der Waals surface area contributed by atoms with E-state index in [0.29, 0.717) is 33.9 Å². The van der Waals surface area contributed by atoms with Gasteiger partial charge in [0.2, 0.25) is 0 Å². The van der Waals surface area contributed by atoms with Gasteiger partial charge >= 0.3 is 0 Å². The lowest BCUT2D eigenvalue weighted by Crippen LogP contribution is -1.94. The van der Waals surface area contributed by atoms with Gasteiger partial charge in [-0.3, -0.25) is 0 Å². The van der Waals surface area contributed by atoms with Crippen LogP contribution in [0.1, 0.15) is 0 Å². The van der Waals surface area contributed by atoms with Crippen LogP contribution in [0.4, 0.5) is 0 Å². The zero-order chi connectivity index (χ0) is 69.1. The number of fused-ring (bicyclic) bond motifs is 20. The van der Waals surface area contributed by atoms with Crippen molar-refractivity contribution in [3.8, 4) is 125 Å². The summed E-state index contributed by atoms with van der Waals surface area (Å²) in [6.07, 6.45) is 0. The Hall–Kier alpha value is -7.96. The van der Waals surface area contributed by atoms with Gasteiger partial charge in [0, 0.05) is 16.7 Å². The molecule has 100 heavy (non-hydrogen) atoms. The molecule has 5 heterocycles. The minimum Gasteiger partial charge on any atom is -0.453 e. The van der Waals surface area contributed by atoms with E-state index in [9.17, 15) is 0 Å². The third-order valence-electron chi connectivity index (χ3n) is 16.4. The fraction of sp³-hybridized carbons (Fsp3) is 0. The van der Waals surface area contributed by atoms with Gasteiger partial charge in [-0.2, -0.15) is 0 Å². The van der Waals surface area contributed by atoms with Gasteiger partial charge in [0.25, 0.3) is 0 Å². The van der Waals surface area contributed by atoms with Crippen molar-refractivity contribution < 1.29 is 18.9 Å².